The molecule has 0 aliphatic carbocycles. The van der Waals surface area contributed by atoms with Gasteiger partial charge < -0.3 is 15.2 Å². The van der Waals surface area contributed by atoms with Gasteiger partial charge in [0.25, 0.3) is 0 Å². The summed E-state index contributed by atoms with van der Waals surface area (Å²) in [6.07, 6.45) is -0.489. The van der Waals surface area contributed by atoms with Gasteiger partial charge in [-0.3, -0.25) is 0 Å². The molecule has 2 aromatic rings. The van der Waals surface area contributed by atoms with Crippen molar-refractivity contribution in [3.05, 3.63) is 59.7 Å². The molecule has 0 radical (unpaired) electrons. The van der Waals surface area contributed by atoms with E-state index in [1.54, 1.807) is 39.0 Å². The van der Waals surface area contributed by atoms with Crippen molar-refractivity contribution in [3.63, 3.8) is 0 Å². The summed E-state index contributed by atoms with van der Waals surface area (Å²) in [5.41, 5.74) is 2.21. The van der Waals surface area contributed by atoms with Gasteiger partial charge in [0.15, 0.2) is 0 Å². The van der Waals surface area contributed by atoms with E-state index in [-0.39, 0.29) is 5.56 Å². The van der Waals surface area contributed by atoms with Crippen molar-refractivity contribution in [2.75, 3.05) is 0 Å². The van der Waals surface area contributed by atoms with Gasteiger partial charge in [-0.15, -0.1) is 0 Å². The van der Waals surface area contributed by atoms with Crippen LogP contribution in [0.1, 0.15) is 36.7 Å². The number of benzene rings is 2. The number of aromatic carboxylic acids is 1. The lowest BCUT2D eigenvalue weighted by atomic mass is 9.98. The quantitative estimate of drug-likeness (QED) is 0.887. The molecule has 0 saturated heterocycles. The van der Waals surface area contributed by atoms with Crippen LogP contribution in [-0.2, 0) is 11.3 Å². The number of alkyl carbamates (subject to hydrolysis) is 1. The van der Waals surface area contributed by atoms with Crippen LogP contribution in [0.3, 0.4) is 0 Å². The molecule has 5 heteroatoms. The monoisotopic (exact) mass is 327 g/mol. The van der Waals surface area contributed by atoms with Crippen LogP contribution in [0.25, 0.3) is 11.1 Å². The second-order valence-corrected chi connectivity index (χ2v) is 6.40. The SMILES string of the molecule is CC(C)(C)OC(=O)NCc1ccccc1-c1cccc(C(=O)O)c1. The highest BCUT2D eigenvalue weighted by atomic mass is 16.6. The van der Waals surface area contributed by atoms with Crippen molar-refractivity contribution in [1.82, 2.24) is 5.32 Å². The number of hydrogen-bond acceptors (Lipinski definition) is 3. The Kier molecular flexibility index (Phi) is 5.24. The smallest absolute Gasteiger partial charge is 0.407 e. The van der Waals surface area contributed by atoms with Gasteiger partial charge in [0.1, 0.15) is 5.60 Å². The first kappa shape index (κ1) is 17.5. The number of carboxylic acid groups (broad SMARTS) is 1. The standard InChI is InChI=1S/C19H21NO4/c1-19(2,3)24-18(23)20-12-15-7-4-5-10-16(15)13-8-6-9-14(11-13)17(21)22/h4-11H,12H2,1-3H3,(H,20,23)(H,21,22). The minimum Gasteiger partial charge on any atom is -0.478 e. The van der Waals surface area contributed by atoms with E-state index in [1.165, 1.54) is 0 Å². The molecule has 0 aromatic heterocycles. The Labute approximate surface area is 141 Å². The predicted octanol–water partition coefficient (Wildman–Crippen LogP) is 4.08. The van der Waals surface area contributed by atoms with Crippen LogP contribution in [-0.4, -0.2) is 22.8 Å². The normalized spacial score (nSPS) is 11.0. The molecule has 0 aliphatic rings. The number of rotatable bonds is 4. The molecule has 2 N–H and O–H groups in total. The van der Waals surface area contributed by atoms with Crippen molar-refractivity contribution < 1.29 is 19.4 Å². The van der Waals surface area contributed by atoms with E-state index in [1.807, 2.05) is 30.3 Å². The molecular formula is C19H21NO4. The molecule has 2 rings (SSSR count). The third kappa shape index (κ3) is 4.84. The number of carbonyl (C=O) groups excluding carboxylic acids is 1. The minimum atomic E-state index is -0.971. The molecule has 0 fully saturated rings. The number of hydrogen-bond donors (Lipinski definition) is 2. The van der Waals surface area contributed by atoms with Crippen LogP contribution < -0.4 is 5.32 Å². The van der Waals surface area contributed by atoms with Crippen molar-refractivity contribution >= 4 is 12.1 Å². The van der Waals surface area contributed by atoms with Crippen LogP contribution >= 0.6 is 0 Å². The fourth-order valence-electron chi connectivity index (χ4n) is 2.26. The number of nitrogens with one attached hydrogen (secondary N) is 1. The molecule has 0 bridgehead atoms. The summed E-state index contributed by atoms with van der Waals surface area (Å²) >= 11 is 0. The molecule has 0 unspecified atom stereocenters. The van der Waals surface area contributed by atoms with Crippen molar-refractivity contribution in [3.8, 4) is 11.1 Å². The first-order valence-electron chi connectivity index (χ1n) is 7.65. The number of amides is 1. The van der Waals surface area contributed by atoms with Gasteiger partial charge in [0.2, 0.25) is 0 Å². The van der Waals surface area contributed by atoms with Crippen molar-refractivity contribution in [2.24, 2.45) is 0 Å². The summed E-state index contributed by atoms with van der Waals surface area (Å²) in [6, 6.07) is 14.3. The summed E-state index contributed by atoms with van der Waals surface area (Å²) in [7, 11) is 0. The van der Waals surface area contributed by atoms with Gasteiger partial charge in [-0.2, -0.15) is 0 Å². The van der Waals surface area contributed by atoms with E-state index < -0.39 is 17.7 Å². The summed E-state index contributed by atoms with van der Waals surface area (Å²) in [6.45, 7) is 5.70. The minimum absolute atomic E-state index is 0.224. The first-order chi connectivity index (χ1) is 11.3. The Morgan fingerprint density at radius 1 is 1.08 bits per heavy atom. The summed E-state index contributed by atoms with van der Waals surface area (Å²) < 4.78 is 5.23. The number of carboxylic acids is 1. The summed E-state index contributed by atoms with van der Waals surface area (Å²) in [5, 5.41) is 11.9. The lowest BCUT2D eigenvalue weighted by molar-refractivity contribution is 0.0523. The van der Waals surface area contributed by atoms with Crippen molar-refractivity contribution in [2.45, 2.75) is 32.9 Å². The van der Waals surface area contributed by atoms with E-state index in [4.69, 9.17) is 9.84 Å². The zero-order chi connectivity index (χ0) is 17.7. The van der Waals surface area contributed by atoms with E-state index in [0.717, 1.165) is 16.7 Å². The van der Waals surface area contributed by atoms with E-state index >= 15 is 0 Å². The lowest BCUT2D eigenvalue weighted by Crippen LogP contribution is -2.32. The molecule has 0 spiro atoms. The highest BCUT2D eigenvalue weighted by Crippen LogP contribution is 2.24. The topological polar surface area (TPSA) is 75.6 Å². The largest absolute Gasteiger partial charge is 0.478 e. The maximum absolute atomic E-state index is 11.8. The average molecular weight is 327 g/mol. The Balaban J connectivity index is 2.20. The third-order valence-corrected chi connectivity index (χ3v) is 3.26. The van der Waals surface area contributed by atoms with E-state index in [2.05, 4.69) is 5.32 Å². The Morgan fingerprint density at radius 3 is 2.46 bits per heavy atom. The molecular weight excluding hydrogens is 306 g/mol. The molecule has 2 aromatic carbocycles. The zero-order valence-electron chi connectivity index (χ0n) is 14.0. The summed E-state index contributed by atoms with van der Waals surface area (Å²) in [5.74, 6) is -0.971. The van der Waals surface area contributed by atoms with Crippen LogP contribution in [0.15, 0.2) is 48.5 Å². The van der Waals surface area contributed by atoms with Gasteiger partial charge in [0, 0.05) is 6.54 Å². The fraction of sp³-hybridized carbons (Fsp3) is 0.263. The molecule has 24 heavy (non-hydrogen) atoms. The number of carbonyl (C=O) groups is 2. The van der Waals surface area contributed by atoms with Gasteiger partial charge in [0.05, 0.1) is 5.56 Å². The van der Waals surface area contributed by atoms with Gasteiger partial charge >= 0.3 is 12.1 Å². The van der Waals surface area contributed by atoms with Crippen molar-refractivity contribution in [1.29, 1.82) is 0 Å². The van der Waals surface area contributed by atoms with Crippen LogP contribution in [0.5, 0.6) is 0 Å². The number of ether oxygens (including phenoxy) is 1. The second kappa shape index (κ2) is 7.17. The Bertz CT molecular complexity index is 747. The van der Waals surface area contributed by atoms with Gasteiger partial charge in [-0.05, 0) is 49.6 Å². The second-order valence-electron chi connectivity index (χ2n) is 6.40. The van der Waals surface area contributed by atoms with Gasteiger partial charge in [-0.25, -0.2) is 9.59 Å². The third-order valence-electron chi connectivity index (χ3n) is 3.26. The molecule has 0 saturated carbocycles. The first-order valence-corrected chi connectivity index (χ1v) is 7.65. The van der Waals surface area contributed by atoms with Crippen LogP contribution in [0.4, 0.5) is 4.79 Å². The highest BCUT2D eigenvalue weighted by Gasteiger charge is 2.16. The molecule has 0 atom stereocenters. The summed E-state index contributed by atoms with van der Waals surface area (Å²) in [4.78, 5) is 23.0. The average Bonchev–Trinajstić information content (AvgIpc) is 2.51. The zero-order valence-corrected chi connectivity index (χ0v) is 14.0. The van der Waals surface area contributed by atoms with E-state index in [0.29, 0.717) is 6.54 Å². The molecule has 0 aliphatic heterocycles. The maximum Gasteiger partial charge on any atom is 0.407 e. The lowest BCUT2D eigenvalue weighted by Gasteiger charge is -2.20. The molecule has 1 amide bonds. The van der Waals surface area contributed by atoms with Crippen LogP contribution in [0.2, 0.25) is 0 Å². The predicted molar refractivity (Wildman–Crippen MR) is 91.9 cm³/mol. The molecule has 126 valence electrons. The Hall–Kier alpha value is -2.82. The highest BCUT2D eigenvalue weighted by molar-refractivity contribution is 5.89. The fourth-order valence-corrected chi connectivity index (χ4v) is 2.26. The molecule has 5 nitrogen and oxygen atoms in total. The molecule has 0 heterocycles. The maximum atomic E-state index is 11.8. The van der Waals surface area contributed by atoms with E-state index in [9.17, 15) is 9.59 Å². The van der Waals surface area contributed by atoms with Crippen LogP contribution in [0, 0.1) is 0 Å². The Morgan fingerprint density at radius 2 is 1.79 bits per heavy atom. The van der Waals surface area contributed by atoms with Gasteiger partial charge in [-0.1, -0.05) is 36.4 Å².